The highest BCUT2D eigenvalue weighted by molar-refractivity contribution is 7.92. The molecule has 4 N–H and O–H groups in total. The molecule has 0 fully saturated rings. The van der Waals surface area contributed by atoms with E-state index in [4.69, 9.17) is 10.5 Å². The van der Waals surface area contributed by atoms with Crippen LogP contribution in [0.15, 0.2) is 47.4 Å². The highest BCUT2D eigenvalue weighted by atomic mass is 32.2. The van der Waals surface area contributed by atoms with Gasteiger partial charge < -0.3 is 15.6 Å². The monoisotopic (exact) mass is 322 g/mol. The van der Waals surface area contributed by atoms with Gasteiger partial charge in [-0.2, -0.15) is 0 Å². The number of carbonyl (C=O) groups excluding carboxylic acids is 1. The Bertz CT molecular complexity index is 800. The van der Waals surface area contributed by atoms with Gasteiger partial charge in [0.1, 0.15) is 11.5 Å². The molecule has 1 amide bonds. The standard InChI is InChI=1S/C14H14N2O5S/c1-21-10-4-2-9(3-5-10)16-22(19,20)11-6-7-13(17)12(8-11)14(15)18/h2-8,16-17H,1H3,(H2,15,18). The van der Waals surface area contributed by atoms with E-state index in [0.717, 1.165) is 12.1 Å². The Labute approximate surface area is 127 Å². The third-order valence-electron chi connectivity index (χ3n) is 2.89. The van der Waals surface area contributed by atoms with Gasteiger partial charge in [-0.05, 0) is 42.5 Å². The molecule has 0 aliphatic heterocycles. The number of nitrogens with two attached hydrogens (primary N) is 1. The second-order valence-electron chi connectivity index (χ2n) is 4.38. The fourth-order valence-electron chi connectivity index (χ4n) is 1.75. The number of rotatable bonds is 5. The molecule has 7 nitrogen and oxygen atoms in total. The summed E-state index contributed by atoms with van der Waals surface area (Å²) in [5.74, 6) is -0.710. The molecule has 0 heterocycles. The number of primary amides is 1. The number of benzene rings is 2. The number of methoxy groups -OCH3 is 1. The lowest BCUT2D eigenvalue weighted by Gasteiger charge is -2.10. The summed E-state index contributed by atoms with van der Waals surface area (Å²) in [5.41, 5.74) is 5.15. The largest absolute Gasteiger partial charge is 0.507 e. The number of carbonyl (C=O) groups is 1. The topological polar surface area (TPSA) is 119 Å². The Kier molecular flexibility index (Phi) is 4.22. The van der Waals surface area contributed by atoms with Crippen molar-refractivity contribution in [2.75, 3.05) is 11.8 Å². The van der Waals surface area contributed by atoms with E-state index in [1.54, 1.807) is 12.1 Å². The van der Waals surface area contributed by atoms with E-state index in [-0.39, 0.29) is 16.2 Å². The molecule has 0 saturated heterocycles. The maximum atomic E-state index is 12.3. The molecule has 0 saturated carbocycles. The second-order valence-corrected chi connectivity index (χ2v) is 6.06. The fraction of sp³-hybridized carbons (Fsp3) is 0.0714. The molecule has 0 atom stereocenters. The van der Waals surface area contributed by atoms with Gasteiger partial charge in [0.2, 0.25) is 0 Å². The van der Waals surface area contributed by atoms with Crippen LogP contribution < -0.4 is 15.2 Å². The minimum atomic E-state index is -3.92. The van der Waals surface area contributed by atoms with E-state index < -0.39 is 15.9 Å². The van der Waals surface area contributed by atoms with Gasteiger partial charge in [0.05, 0.1) is 17.6 Å². The zero-order valence-electron chi connectivity index (χ0n) is 11.6. The SMILES string of the molecule is COc1ccc(NS(=O)(=O)c2ccc(O)c(C(N)=O)c2)cc1. The molecular weight excluding hydrogens is 308 g/mol. The highest BCUT2D eigenvalue weighted by Gasteiger charge is 2.18. The van der Waals surface area contributed by atoms with Crippen molar-refractivity contribution in [3.05, 3.63) is 48.0 Å². The Morgan fingerprint density at radius 2 is 1.82 bits per heavy atom. The molecule has 0 bridgehead atoms. The van der Waals surface area contributed by atoms with Crippen molar-refractivity contribution in [2.24, 2.45) is 5.73 Å². The van der Waals surface area contributed by atoms with Gasteiger partial charge in [0.25, 0.3) is 15.9 Å². The van der Waals surface area contributed by atoms with Crippen LogP contribution in [0.3, 0.4) is 0 Å². The van der Waals surface area contributed by atoms with Crippen LogP contribution in [0.25, 0.3) is 0 Å². The summed E-state index contributed by atoms with van der Waals surface area (Å²) in [6.07, 6.45) is 0. The number of anilines is 1. The first-order chi connectivity index (χ1) is 10.3. The smallest absolute Gasteiger partial charge is 0.261 e. The lowest BCUT2D eigenvalue weighted by atomic mass is 10.2. The first-order valence-corrected chi connectivity index (χ1v) is 7.61. The summed E-state index contributed by atoms with van der Waals surface area (Å²) < 4.78 is 31.9. The van der Waals surface area contributed by atoms with Crippen molar-refractivity contribution < 1.29 is 23.1 Å². The quantitative estimate of drug-likeness (QED) is 0.766. The molecule has 0 aliphatic carbocycles. The number of ether oxygens (including phenoxy) is 1. The van der Waals surface area contributed by atoms with Crippen molar-refractivity contribution >= 4 is 21.6 Å². The Balaban J connectivity index is 2.33. The van der Waals surface area contributed by atoms with Crippen LogP contribution in [-0.4, -0.2) is 26.5 Å². The van der Waals surface area contributed by atoms with E-state index in [2.05, 4.69) is 4.72 Å². The average molecular weight is 322 g/mol. The first-order valence-electron chi connectivity index (χ1n) is 6.13. The van der Waals surface area contributed by atoms with Crippen molar-refractivity contribution in [1.29, 1.82) is 0 Å². The van der Waals surface area contributed by atoms with Gasteiger partial charge in [0, 0.05) is 5.69 Å². The summed E-state index contributed by atoms with van der Waals surface area (Å²) in [6, 6.07) is 9.56. The molecule has 8 heteroatoms. The molecule has 0 aromatic heterocycles. The van der Waals surface area contributed by atoms with E-state index >= 15 is 0 Å². The number of amides is 1. The second kappa shape index (κ2) is 5.94. The van der Waals surface area contributed by atoms with Crippen LogP contribution in [0.2, 0.25) is 0 Å². The maximum Gasteiger partial charge on any atom is 0.261 e. The molecule has 2 rings (SSSR count). The van der Waals surface area contributed by atoms with E-state index in [9.17, 15) is 18.3 Å². The van der Waals surface area contributed by atoms with E-state index in [1.807, 2.05) is 0 Å². The van der Waals surface area contributed by atoms with E-state index in [1.165, 1.54) is 25.3 Å². The van der Waals surface area contributed by atoms with Crippen molar-refractivity contribution in [3.63, 3.8) is 0 Å². The normalized spacial score (nSPS) is 11.0. The van der Waals surface area contributed by atoms with Gasteiger partial charge in [0.15, 0.2) is 0 Å². The van der Waals surface area contributed by atoms with Gasteiger partial charge in [-0.1, -0.05) is 0 Å². The van der Waals surface area contributed by atoms with Crippen molar-refractivity contribution in [1.82, 2.24) is 0 Å². The molecule has 2 aromatic carbocycles. The Morgan fingerprint density at radius 1 is 1.18 bits per heavy atom. The summed E-state index contributed by atoms with van der Waals surface area (Å²) in [7, 11) is -2.41. The van der Waals surface area contributed by atoms with Crippen LogP contribution in [0.4, 0.5) is 5.69 Å². The minimum Gasteiger partial charge on any atom is -0.507 e. The van der Waals surface area contributed by atoms with Crippen molar-refractivity contribution in [3.8, 4) is 11.5 Å². The molecule has 0 unspecified atom stereocenters. The number of hydrogen-bond donors (Lipinski definition) is 3. The maximum absolute atomic E-state index is 12.3. The molecule has 116 valence electrons. The van der Waals surface area contributed by atoms with Crippen molar-refractivity contribution in [2.45, 2.75) is 4.90 Å². The summed E-state index contributed by atoms with van der Waals surface area (Å²) in [5, 5.41) is 9.49. The Hall–Kier alpha value is -2.74. The molecule has 0 aliphatic rings. The number of hydrogen-bond acceptors (Lipinski definition) is 5. The Morgan fingerprint density at radius 3 is 2.36 bits per heavy atom. The van der Waals surface area contributed by atoms with Crippen LogP contribution in [0.1, 0.15) is 10.4 Å². The lowest BCUT2D eigenvalue weighted by Crippen LogP contribution is -2.16. The predicted molar refractivity (Wildman–Crippen MR) is 80.4 cm³/mol. The van der Waals surface area contributed by atoms with Crippen LogP contribution in [-0.2, 0) is 10.0 Å². The van der Waals surface area contributed by atoms with Gasteiger partial charge >= 0.3 is 0 Å². The average Bonchev–Trinajstić information content (AvgIpc) is 2.47. The zero-order chi connectivity index (χ0) is 16.3. The van der Waals surface area contributed by atoms with Crippen LogP contribution in [0, 0.1) is 0 Å². The molecule has 0 spiro atoms. The van der Waals surface area contributed by atoms with Gasteiger partial charge in [-0.15, -0.1) is 0 Å². The molecule has 0 radical (unpaired) electrons. The van der Waals surface area contributed by atoms with Crippen LogP contribution >= 0.6 is 0 Å². The lowest BCUT2D eigenvalue weighted by molar-refractivity contribution is 0.0997. The summed E-state index contributed by atoms with van der Waals surface area (Å²) >= 11 is 0. The molecule has 22 heavy (non-hydrogen) atoms. The molecular formula is C14H14N2O5S. The minimum absolute atomic E-state index is 0.185. The zero-order valence-corrected chi connectivity index (χ0v) is 12.4. The first kappa shape index (κ1) is 15.6. The third kappa shape index (κ3) is 3.29. The number of sulfonamides is 1. The highest BCUT2D eigenvalue weighted by Crippen LogP contribution is 2.23. The third-order valence-corrected chi connectivity index (χ3v) is 4.26. The van der Waals surface area contributed by atoms with Crippen LogP contribution in [0.5, 0.6) is 11.5 Å². The van der Waals surface area contributed by atoms with Gasteiger partial charge in [-0.25, -0.2) is 8.42 Å². The van der Waals surface area contributed by atoms with Gasteiger partial charge in [-0.3, -0.25) is 9.52 Å². The predicted octanol–water partition coefficient (Wildman–Crippen LogP) is 1.30. The number of nitrogens with one attached hydrogen (secondary N) is 1. The summed E-state index contributed by atoms with van der Waals surface area (Å²) in [4.78, 5) is 11.0. The number of aromatic hydroxyl groups is 1. The fourth-order valence-corrected chi connectivity index (χ4v) is 2.84. The molecule has 2 aromatic rings. The summed E-state index contributed by atoms with van der Waals surface area (Å²) in [6.45, 7) is 0. The van der Waals surface area contributed by atoms with E-state index in [0.29, 0.717) is 11.4 Å². The number of phenols is 1.